The predicted molar refractivity (Wildman–Crippen MR) is 107 cm³/mol. The Morgan fingerprint density at radius 2 is 1.75 bits per heavy atom. The molecule has 3 rings (SSSR count). The van der Waals surface area contributed by atoms with E-state index in [0.29, 0.717) is 5.69 Å². The summed E-state index contributed by atoms with van der Waals surface area (Å²) in [5.74, 6) is -0.515. The first kappa shape index (κ1) is 19.8. The molecule has 1 aromatic heterocycles. The van der Waals surface area contributed by atoms with Gasteiger partial charge >= 0.3 is 0 Å². The molecular formula is C21H26N4O3. The minimum absolute atomic E-state index is 0.0424. The van der Waals surface area contributed by atoms with Gasteiger partial charge in [-0.15, -0.1) is 0 Å². The third-order valence-corrected chi connectivity index (χ3v) is 4.91. The minimum atomic E-state index is -0.557. The molecule has 0 spiro atoms. The maximum Gasteiger partial charge on any atom is 0.275 e. The van der Waals surface area contributed by atoms with Crippen molar-refractivity contribution in [3.63, 3.8) is 0 Å². The molecule has 0 saturated carbocycles. The maximum absolute atomic E-state index is 12.5. The molecule has 1 fully saturated rings. The molecule has 2 heterocycles. The third kappa shape index (κ3) is 4.85. The second kappa shape index (κ2) is 9.30. The number of hydrogen-bond donors (Lipinski definition) is 1. The van der Waals surface area contributed by atoms with Crippen molar-refractivity contribution in [2.75, 3.05) is 19.6 Å². The van der Waals surface area contributed by atoms with Gasteiger partial charge in [0.25, 0.3) is 5.91 Å². The zero-order chi connectivity index (χ0) is 19.9. The summed E-state index contributed by atoms with van der Waals surface area (Å²) in [4.78, 5) is 38.9. The fraction of sp³-hybridized carbons (Fsp3) is 0.429. The van der Waals surface area contributed by atoms with Crippen molar-refractivity contribution >= 4 is 11.8 Å². The summed E-state index contributed by atoms with van der Waals surface area (Å²) in [5.41, 5.74) is 0.812. The van der Waals surface area contributed by atoms with Crippen molar-refractivity contribution in [2.24, 2.45) is 0 Å². The average Bonchev–Trinajstić information content (AvgIpc) is 2.98. The number of rotatable bonds is 5. The van der Waals surface area contributed by atoms with E-state index in [4.69, 9.17) is 0 Å². The normalized spacial score (nSPS) is 14.4. The number of aromatic nitrogens is 2. The Kier molecular flexibility index (Phi) is 6.57. The SMILES string of the molecule is Cc1cc(=O)c(C(=O)NCCC(=O)N2CCCCCC2)nn1-c1ccccc1. The number of carbonyl (C=O) groups excluding carboxylic acids is 2. The predicted octanol–water partition coefficient (Wildman–Crippen LogP) is 2.06. The fourth-order valence-electron chi connectivity index (χ4n) is 3.38. The molecule has 1 saturated heterocycles. The van der Waals surface area contributed by atoms with Crippen LogP contribution in [0.4, 0.5) is 0 Å². The van der Waals surface area contributed by atoms with Crippen LogP contribution in [0.2, 0.25) is 0 Å². The summed E-state index contributed by atoms with van der Waals surface area (Å²) in [7, 11) is 0. The highest BCUT2D eigenvalue weighted by Crippen LogP contribution is 2.11. The second-order valence-corrected chi connectivity index (χ2v) is 7.05. The lowest BCUT2D eigenvalue weighted by molar-refractivity contribution is -0.131. The van der Waals surface area contributed by atoms with Gasteiger partial charge in [-0.1, -0.05) is 31.0 Å². The number of benzene rings is 1. The summed E-state index contributed by atoms with van der Waals surface area (Å²) in [6, 6.07) is 10.7. The van der Waals surface area contributed by atoms with E-state index in [-0.39, 0.29) is 24.6 Å². The van der Waals surface area contributed by atoms with Crippen LogP contribution in [-0.4, -0.2) is 46.1 Å². The number of hydrogen-bond acceptors (Lipinski definition) is 4. The zero-order valence-corrected chi connectivity index (χ0v) is 16.2. The van der Waals surface area contributed by atoms with Gasteiger partial charge in [0.1, 0.15) is 0 Å². The van der Waals surface area contributed by atoms with Gasteiger partial charge in [-0.3, -0.25) is 14.4 Å². The number of carbonyl (C=O) groups is 2. The van der Waals surface area contributed by atoms with Crippen LogP contribution in [0.3, 0.4) is 0 Å². The van der Waals surface area contributed by atoms with Crippen LogP contribution in [0.5, 0.6) is 0 Å². The average molecular weight is 382 g/mol. The lowest BCUT2D eigenvalue weighted by atomic mass is 10.2. The number of likely N-dealkylation sites (tertiary alicyclic amines) is 1. The van der Waals surface area contributed by atoms with Gasteiger partial charge in [-0.25, -0.2) is 4.68 Å². The Morgan fingerprint density at radius 1 is 1.07 bits per heavy atom. The van der Waals surface area contributed by atoms with Crippen molar-refractivity contribution < 1.29 is 9.59 Å². The summed E-state index contributed by atoms with van der Waals surface area (Å²) in [5, 5.41) is 6.90. The first-order valence-corrected chi connectivity index (χ1v) is 9.78. The maximum atomic E-state index is 12.5. The number of para-hydroxylation sites is 1. The Labute approximate surface area is 164 Å². The molecule has 0 atom stereocenters. The number of aryl methyl sites for hydroxylation is 1. The lowest BCUT2D eigenvalue weighted by Crippen LogP contribution is -2.37. The van der Waals surface area contributed by atoms with E-state index in [1.807, 2.05) is 35.2 Å². The Balaban J connectivity index is 1.64. The Morgan fingerprint density at radius 3 is 2.43 bits per heavy atom. The summed E-state index contributed by atoms with van der Waals surface area (Å²) in [6.45, 7) is 3.53. The molecule has 0 radical (unpaired) electrons. The zero-order valence-electron chi connectivity index (χ0n) is 16.2. The van der Waals surface area contributed by atoms with Crippen molar-refractivity contribution in [3.05, 3.63) is 58.0 Å². The standard InChI is InChI=1S/C21H26N4O3/c1-16-15-18(26)20(23-25(16)17-9-5-4-6-10-17)21(28)22-12-11-19(27)24-13-7-2-3-8-14-24/h4-6,9-10,15H,2-3,7-8,11-14H2,1H3,(H,22,28). The van der Waals surface area contributed by atoms with E-state index in [1.165, 1.54) is 6.07 Å². The van der Waals surface area contributed by atoms with Crippen molar-refractivity contribution in [3.8, 4) is 5.69 Å². The number of amides is 2. The van der Waals surface area contributed by atoms with E-state index in [2.05, 4.69) is 10.4 Å². The van der Waals surface area contributed by atoms with Crippen molar-refractivity contribution in [1.82, 2.24) is 20.0 Å². The monoisotopic (exact) mass is 382 g/mol. The van der Waals surface area contributed by atoms with Gasteiger partial charge in [0, 0.05) is 37.8 Å². The van der Waals surface area contributed by atoms with Crippen molar-refractivity contribution in [1.29, 1.82) is 0 Å². The molecule has 7 nitrogen and oxygen atoms in total. The van der Waals surface area contributed by atoms with Gasteiger partial charge in [0.15, 0.2) is 5.69 Å². The van der Waals surface area contributed by atoms with Gasteiger partial charge in [-0.05, 0) is 31.9 Å². The molecule has 7 heteroatoms. The summed E-state index contributed by atoms with van der Waals surface area (Å²) in [6.07, 6.45) is 4.61. The molecule has 2 amide bonds. The van der Waals surface area contributed by atoms with E-state index in [9.17, 15) is 14.4 Å². The van der Waals surface area contributed by atoms with E-state index < -0.39 is 11.3 Å². The minimum Gasteiger partial charge on any atom is -0.350 e. The van der Waals surface area contributed by atoms with Crippen LogP contribution in [0, 0.1) is 6.92 Å². The molecule has 0 bridgehead atoms. The Hall–Kier alpha value is -2.96. The third-order valence-electron chi connectivity index (χ3n) is 4.91. The highest BCUT2D eigenvalue weighted by Gasteiger charge is 2.18. The molecule has 1 N–H and O–H groups in total. The smallest absolute Gasteiger partial charge is 0.275 e. The van der Waals surface area contributed by atoms with Gasteiger partial charge < -0.3 is 10.2 Å². The van der Waals surface area contributed by atoms with Gasteiger partial charge in [0.05, 0.1) is 5.69 Å². The van der Waals surface area contributed by atoms with E-state index >= 15 is 0 Å². The quantitative estimate of drug-likeness (QED) is 0.858. The molecule has 2 aromatic rings. The van der Waals surface area contributed by atoms with Crippen LogP contribution >= 0.6 is 0 Å². The summed E-state index contributed by atoms with van der Waals surface area (Å²) < 4.78 is 1.57. The van der Waals surface area contributed by atoms with E-state index in [1.54, 1.807) is 11.6 Å². The molecular weight excluding hydrogens is 356 g/mol. The van der Waals surface area contributed by atoms with Crippen LogP contribution in [0.1, 0.15) is 48.3 Å². The molecule has 0 unspecified atom stereocenters. The van der Waals surface area contributed by atoms with Crippen LogP contribution < -0.4 is 10.7 Å². The molecule has 1 aliphatic rings. The van der Waals surface area contributed by atoms with Crippen LogP contribution in [-0.2, 0) is 4.79 Å². The lowest BCUT2D eigenvalue weighted by Gasteiger charge is -2.20. The summed E-state index contributed by atoms with van der Waals surface area (Å²) >= 11 is 0. The molecule has 1 aliphatic heterocycles. The van der Waals surface area contributed by atoms with Crippen LogP contribution in [0.25, 0.3) is 5.69 Å². The highest BCUT2D eigenvalue weighted by molar-refractivity contribution is 5.92. The molecule has 0 aliphatic carbocycles. The molecule has 148 valence electrons. The van der Waals surface area contributed by atoms with E-state index in [0.717, 1.165) is 44.5 Å². The topological polar surface area (TPSA) is 84.3 Å². The largest absolute Gasteiger partial charge is 0.350 e. The number of nitrogens with one attached hydrogen (secondary N) is 1. The first-order chi connectivity index (χ1) is 13.6. The number of nitrogens with zero attached hydrogens (tertiary/aromatic N) is 3. The molecule has 28 heavy (non-hydrogen) atoms. The van der Waals surface area contributed by atoms with Crippen molar-refractivity contribution in [2.45, 2.75) is 39.0 Å². The Bertz CT molecular complexity index is 884. The highest BCUT2D eigenvalue weighted by atomic mass is 16.2. The fourth-order valence-corrected chi connectivity index (χ4v) is 3.38. The van der Waals surface area contributed by atoms with Crippen LogP contribution in [0.15, 0.2) is 41.2 Å². The molecule has 1 aromatic carbocycles. The second-order valence-electron chi connectivity index (χ2n) is 7.05. The van der Waals surface area contributed by atoms with Gasteiger partial charge in [-0.2, -0.15) is 5.10 Å². The van der Waals surface area contributed by atoms with Gasteiger partial charge in [0.2, 0.25) is 11.3 Å². The first-order valence-electron chi connectivity index (χ1n) is 9.78.